The van der Waals surface area contributed by atoms with Crippen molar-refractivity contribution in [2.75, 3.05) is 12.3 Å². The molecular weight excluding hydrogens is 446 g/mol. The standard InChI is InChI=1S/C18H18N2O2.C3H8O.2C2H4.CH3NO2.CH4/c1-13(21)12-20-18(22)16-8-4-14(5-9-16)2-3-15-6-10-17(19)11-7-15;1-3(2)4;2*1-2;3-1-2-4;/h4-11,13,21H,12,19H2,1H3,(H,20,22);3-4H,1-2H3;2*1-2H2;1,4H,(H,2,3);1H4. The summed E-state index contributed by atoms with van der Waals surface area (Å²) in [5.41, 5.74) is 9.82. The number of rotatable bonds is 4. The number of nitrogens with one attached hydrogen (secondary N) is 2. The Kier molecular flexibility index (Phi) is 28.9. The summed E-state index contributed by atoms with van der Waals surface area (Å²) in [6.45, 7) is 17.3. The third kappa shape index (κ3) is 24.6. The molecule has 0 radical (unpaired) electrons. The van der Waals surface area contributed by atoms with Gasteiger partial charge in [0.25, 0.3) is 5.91 Å². The monoisotopic (exact) mass is 487 g/mol. The van der Waals surface area contributed by atoms with Gasteiger partial charge in [0.1, 0.15) is 0 Å². The van der Waals surface area contributed by atoms with Crippen LogP contribution in [0.5, 0.6) is 0 Å². The highest BCUT2D eigenvalue weighted by Crippen LogP contribution is 2.06. The van der Waals surface area contributed by atoms with Crippen molar-refractivity contribution in [3.05, 3.63) is 91.5 Å². The Bertz CT molecular complexity index is 835. The van der Waals surface area contributed by atoms with E-state index >= 15 is 0 Å². The molecule has 0 aliphatic rings. The van der Waals surface area contributed by atoms with Crippen molar-refractivity contribution in [3.63, 3.8) is 0 Å². The molecule has 2 rings (SSSR count). The fourth-order valence-electron chi connectivity index (χ4n) is 1.76. The Hall–Kier alpha value is -3.90. The van der Waals surface area contributed by atoms with Gasteiger partial charge in [-0.15, -0.1) is 26.3 Å². The Morgan fingerprint density at radius 2 is 1.29 bits per heavy atom. The molecule has 2 amide bonds. The summed E-state index contributed by atoms with van der Waals surface area (Å²) in [4.78, 5) is 20.6. The Morgan fingerprint density at radius 3 is 1.60 bits per heavy atom. The smallest absolute Gasteiger partial charge is 0.251 e. The predicted octanol–water partition coefficient (Wildman–Crippen LogP) is 3.53. The van der Waals surface area contributed by atoms with Gasteiger partial charge in [-0.2, -0.15) is 0 Å². The van der Waals surface area contributed by atoms with Crippen molar-refractivity contribution in [1.82, 2.24) is 10.8 Å². The van der Waals surface area contributed by atoms with Crippen molar-refractivity contribution >= 4 is 18.0 Å². The number of hydroxylamine groups is 1. The number of amides is 2. The summed E-state index contributed by atoms with van der Waals surface area (Å²) in [5.74, 6) is 5.86. The largest absolute Gasteiger partial charge is 0.399 e. The van der Waals surface area contributed by atoms with Crippen molar-refractivity contribution in [1.29, 1.82) is 0 Å². The van der Waals surface area contributed by atoms with Gasteiger partial charge in [-0.25, -0.2) is 5.48 Å². The predicted molar refractivity (Wildman–Crippen MR) is 145 cm³/mol. The van der Waals surface area contributed by atoms with Crippen LogP contribution in [0.1, 0.15) is 49.7 Å². The zero-order valence-electron chi connectivity index (χ0n) is 20.1. The average molecular weight is 488 g/mol. The van der Waals surface area contributed by atoms with Gasteiger partial charge >= 0.3 is 0 Å². The Labute approximate surface area is 210 Å². The minimum atomic E-state index is -0.561. The molecule has 0 bridgehead atoms. The van der Waals surface area contributed by atoms with E-state index < -0.39 is 6.10 Å². The zero-order valence-corrected chi connectivity index (χ0v) is 20.1. The van der Waals surface area contributed by atoms with E-state index in [9.17, 15) is 4.79 Å². The van der Waals surface area contributed by atoms with Crippen LogP contribution in [0.4, 0.5) is 5.69 Å². The van der Waals surface area contributed by atoms with Gasteiger partial charge < -0.3 is 21.3 Å². The van der Waals surface area contributed by atoms with Crippen LogP contribution in [0.25, 0.3) is 0 Å². The van der Waals surface area contributed by atoms with E-state index in [1.807, 2.05) is 12.1 Å². The summed E-state index contributed by atoms with van der Waals surface area (Å²) in [6.07, 6.45) is -0.547. The number of carbonyl (C=O) groups excluding carboxylic acids is 2. The second-order valence-electron chi connectivity index (χ2n) is 6.35. The molecular formula is C27H41N3O5. The van der Waals surface area contributed by atoms with Crippen LogP contribution in [0, 0.1) is 11.8 Å². The van der Waals surface area contributed by atoms with Gasteiger partial charge in [-0.1, -0.05) is 19.3 Å². The molecule has 0 heterocycles. The summed E-state index contributed by atoms with van der Waals surface area (Å²) in [5, 5.41) is 27.1. The number of carbonyl (C=O) groups is 2. The molecule has 7 N–H and O–H groups in total. The molecule has 8 heteroatoms. The molecule has 0 spiro atoms. The number of nitrogens with two attached hydrogens (primary N) is 1. The van der Waals surface area contributed by atoms with Crippen LogP contribution in [0.15, 0.2) is 74.8 Å². The van der Waals surface area contributed by atoms with Crippen molar-refractivity contribution in [3.8, 4) is 11.8 Å². The zero-order chi connectivity index (χ0) is 26.9. The van der Waals surface area contributed by atoms with Crippen LogP contribution in [-0.2, 0) is 4.79 Å². The third-order valence-electron chi connectivity index (χ3n) is 3.02. The second kappa shape index (κ2) is 26.4. The molecule has 0 saturated carbocycles. The molecule has 0 saturated heterocycles. The number of hydrogen-bond acceptors (Lipinski definition) is 6. The van der Waals surface area contributed by atoms with Crippen molar-refractivity contribution in [2.45, 2.75) is 40.4 Å². The summed E-state index contributed by atoms with van der Waals surface area (Å²) < 4.78 is 0. The van der Waals surface area contributed by atoms with Crippen LogP contribution in [0.3, 0.4) is 0 Å². The van der Waals surface area contributed by atoms with Crippen LogP contribution >= 0.6 is 0 Å². The molecule has 1 unspecified atom stereocenters. The number of anilines is 1. The van der Waals surface area contributed by atoms with Gasteiger partial charge in [0.05, 0.1) is 6.10 Å². The minimum absolute atomic E-state index is 0. The van der Waals surface area contributed by atoms with E-state index in [1.54, 1.807) is 57.2 Å². The van der Waals surface area contributed by atoms with Gasteiger partial charge in [0.2, 0.25) is 6.41 Å². The molecule has 8 nitrogen and oxygen atoms in total. The maximum atomic E-state index is 11.8. The highest BCUT2D eigenvalue weighted by atomic mass is 16.5. The molecule has 0 fully saturated rings. The lowest BCUT2D eigenvalue weighted by Crippen LogP contribution is -2.30. The first-order chi connectivity index (χ1) is 16.2. The van der Waals surface area contributed by atoms with E-state index in [1.165, 1.54) is 5.48 Å². The second-order valence-corrected chi connectivity index (χ2v) is 6.35. The number of hydrogen-bond donors (Lipinski definition) is 6. The molecule has 0 aliphatic carbocycles. The Balaban J connectivity index is -0.000000314. The summed E-state index contributed by atoms with van der Waals surface area (Å²) in [7, 11) is 0. The quantitative estimate of drug-likeness (QED) is 0.0972. The van der Waals surface area contributed by atoms with Gasteiger partial charge in [0.15, 0.2) is 0 Å². The molecule has 0 aliphatic heterocycles. The molecule has 2 aromatic rings. The fraction of sp³-hybridized carbons (Fsp3) is 0.259. The molecule has 35 heavy (non-hydrogen) atoms. The molecule has 2 aromatic carbocycles. The van der Waals surface area contributed by atoms with Crippen molar-refractivity contribution < 1.29 is 25.0 Å². The highest BCUT2D eigenvalue weighted by Gasteiger charge is 2.05. The molecule has 1 atom stereocenters. The summed E-state index contributed by atoms with van der Waals surface area (Å²) >= 11 is 0. The lowest BCUT2D eigenvalue weighted by Gasteiger charge is -2.06. The van der Waals surface area contributed by atoms with Gasteiger partial charge in [0, 0.05) is 35.0 Å². The third-order valence-corrected chi connectivity index (χ3v) is 3.02. The lowest BCUT2D eigenvalue weighted by molar-refractivity contribution is -0.116. The maximum Gasteiger partial charge on any atom is 0.251 e. The topological polar surface area (TPSA) is 145 Å². The minimum Gasteiger partial charge on any atom is -0.399 e. The van der Waals surface area contributed by atoms with E-state index in [4.69, 9.17) is 25.9 Å². The summed E-state index contributed by atoms with van der Waals surface area (Å²) in [6, 6.07) is 14.3. The number of aliphatic hydroxyl groups excluding tert-OH is 2. The molecule has 0 aromatic heterocycles. The van der Waals surface area contributed by atoms with Crippen molar-refractivity contribution in [2.24, 2.45) is 0 Å². The van der Waals surface area contributed by atoms with E-state index in [2.05, 4.69) is 43.5 Å². The lowest BCUT2D eigenvalue weighted by atomic mass is 10.1. The van der Waals surface area contributed by atoms with Crippen LogP contribution in [0.2, 0.25) is 0 Å². The highest BCUT2D eigenvalue weighted by molar-refractivity contribution is 5.94. The van der Waals surface area contributed by atoms with E-state index in [0.717, 1.165) is 11.1 Å². The van der Waals surface area contributed by atoms with E-state index in [0.29, 0.717) is 11.3 Å². The first-order valence-electron chi connectivity index (χ1n) is 10.1. The van der Waals surface area contributed by atoms with E-state index in [-0.39, 0.29) is 32.4 Å². The fourth-order valence-corrected chi connectivity index (χ4v) is 1.76. The maximum absolute atomic E-state index is 11.8. The normalized spacial score (nSPS) is 8.89. The van der Waals surface area contributed by atoms with Crippen LogP contribution in [-0.4, -0.2) is 46.5 Å². The number of nitrogen functional groups attached to an aromatic ring is 1. The first-order valence-corrected chi connectivity index (χ1v) is 10.1. The number of aliphatic hydroxyl groups is 2. The van der Waals surface area contributed by atoms with Gasteiger partial charge in [-0.3, -0.25) is 14.8 Å². The SMILES string of the molecule is C.C=C.C=C.CC(C)O.CC(O)CNC(=O)c1ccc(C#Cc2ccc(N)cc2)cc1.O=CNO. The number of benzene rings is 2. The Morgan fingerprint density at radius 1 is 0.943 bits per heavy atom. The molecule has 194 valence electrons. The first kappa shape index (κ1) is 38.4. The van der Waals surface area contributed by atoms with Gasteiger partial charge in [-0.05, 0) is 69.3 Å². The average Bonchev–Trinajstić information content (AvgIpc) is 2.85. The van der Waals surface area contributed by atoms with Crippen LogP contribution < -0.4 is 16.5 Å².